The minimum absolute atomic E-state index is 0.195. The lowest BCUT2D eigenvalue weighted by Crippen LogP contribution is -2.38. The van der Waals surface area contributed by atoms with Crippen LogP contribution in [-0.2, 0) is 15.9 Å². The summed E-state index contributed by atoms with van der Waals surface area (Å²) in [5.74, 6) is 1.34. The van der Waals surface area contributed by atoms with Gasteiger partial charge in [-0.1, -0.05) is 0 Å². The number of benzene rings is 1. The third-order valence-electron chi connectivity index (χ3n) is 6.63. The molecule has 12 heteroatoms. The molecule has 2 aliphatic rings. The lowest BCUT2D eigenvalue weighted by atomic mass is 10.1. The van der Waals surface area contributed by atoms with Crippen molar-refractivity contribution < 1.29 is 14.3 Å². The fraction of sp³-hybridized carbons (Fsp3) is 0.423. The minimum atomic E-state index is -0.243. The van der Waals surface area contributed by atoms with E-state index in [9.17, 15) is 4.79 Å². The first kappa shape index (κ1) is 25.6. The van der Waals surface area contributed by atoms with Crippen LogP contribution in [0.15, 0.2) is 36.7 Å². The van der Waals surface area contributed by atoms with E-state index in [-0.39, 0.29) is 12.0 Å². The van der Waals surface area contributed by atoms with Gasteiger partial charge >= 0.3 is 6.03 Å². The van der Waals surface area contributed by atoms with Crippen molar-refractivity contribution in [2.75, 3.05) is 85.4 Å². The van der Waals surface area contributed by atoms with Gasteiger partial charge in [0.05, 0.1) is 25.5 Å². The first-order chi connectivity index (χ1) is 18.5. The lowest BCUT2D eigenvalue weighted by molar-refractivity contribution is 0.122. The van der Waals surface area contributed by atoms with E-state index in [0.29, 0.717) is 75.6 Å². The van der Waals surface area contributed by atoms with Crippen LogP contribution in [0.1, 0.15) is 12.5 Å². The number of hydrogen-bond donors (Lipinski definition) is 2. The van der Waals surface area contributed by atoms with E-state index in [2.05, 4.69) is 25.1 Å². The topological polar surface area (TPSA) is 135 Å². The number of nitrogens with zero attached hydrogens (tertiary/aromatic N) is 7. The Balaban J connectivity index is 1.38. The predicted octanol–water partition coefficient (Wildman–Crippen LogP) is 2.42. The maximum atomic E-state index is 13.4. The summed E-state index contributed by atoms with van der Waals surface area (Å²) in [5, 5.41) is 3.02. The Morgan fingerprint density at radius 3 is 2.58 bits per heavy atom. The predicted molar refractivity (Wildman–Crippen MR) is 147 cm³/mol. The van der Waals surface area contributed by atoms with Crippen molar-refractivity contribution in [2.24, 2.45) is 0 Å². The van der Waals surface area contributed by atoms with Crippen molar-refractivity contribution in [1.29, 1.82) is 0 Å². The molecule has 2 aliphatic heterocycles. The van der Waals surface area contributed by atoms with Crippen molar-refractivity contribution in [1.82, 2.24) is 19.9 Å². The van der Waals surface area contributed by atoms with Gasteiger partial charge in [0.15, 0.2) is 0 Å². The van der Waals surface area contributed by atoms with Gasteiger partial charge in [0.25, 0.3) is 0 Å². The number of amides is 2. The van der Waals surface area contributed by atoms with Crippen molar-refractivity contribution >= 4 is 35.1 Å². The number of nitrogens with two attached hydrogens (primary N) is 1. The molecular formula is C26H33N9O3. The second kappa shape index (κ2) is 11.6. The molecule has 0 saturated carbocycles. The van der Waals surface area contributed by atoms with Crippen molar-refractivity contribution in [3.05, 3.63) is 42.2 Å². The Kier molecular flexibility index (Phi) is 7.80. The average Bonchev–Trinajstić information content (AvgIpc) is 3.38. The van der Waals surface area contributed by atoms with E-state index in [1.165, 1.54) is 0 Å². The minimum Gasteiger partial charge on any atom is -0.380 e. The van der Waals surface area contributed by atoms with E-state index >= 15 is 0 Å². The number of rotatable bonds is 8. The number of ether oxygens (including phenoxy) is 2. The highest BCUT2D eigenvalue weighted by atomic mass is 16.5. The maximum absolute atomic E-state index is 13.4. The molecular weight excluding hydrogens is 486 g/mol. The molecule has 200 valence electrons. The second-order valence-corrected chi connectivity index (χ2v) is 9.10. The Morgan fingerprint density at radius 2 is 1.87 bits per heavy atom. The van der Waals surface area contributed by atoms with Gasteiger partial charge in [0, 0.05) is 74.7 Å². The molecule has 2 amide bonds. The Bertz CT molecular complexity index is 1250. The molecule has 3 N–H and O–H groups in total. The lowest BCUT2D eigenvalue weighted by Gasteiger charge is -2.28. The zero-order valence-corrected chi connectivity index (χ0v) is 21.8. The van der Waals surface area contributed by atoms with E-state index < -0.39 is 0 Å². The number of anilines is 5. The third kappa shape index (κ3) is 5.60. The molecule has 1 fully saturated rings. The van der Waals surface area contributed by atoms with Crippen LogP contribution in [0.25, 0.3) is 11.3 Å². The molecule has 0 aliphatic carbocycles. The van der Waals surface area contributed by atoms with Crippen LogP contribution < -0.4 is 25.8 Å². The number of morpholine rings is 1. The van der Waals surface area contributed by atoms with Crippen LogP contribution in [-0.4, -0.2) is 85.6 Å². The van der Waals surface area contributed by atoms with Crippen molar-refractivity contribution in [2.45, 2.75) is 13.3 Å². The highest BCUT2D eigenvalue weighted by molar-refractivity contribution is 6.03. The molecule has 0 bridgehead atoms. The Morgan fingerprint density at radius 1 is 1.13 bits per heavy atom. The number of hydrogen-bond acceptors (Lipinski definition) is 10. The van der Waals surface area contributed by atoms with Gasteiger partial charge in [0.1, 0.15) is 5.82 Å². The van der Waals surface area contributed by atoms with Crippen LogP contribution in [0.4, 0.5) is 33.9 Å². The fourth-order valence-corrected chi connectivity index (χ4v) is 4.51. The van der Waals surface area contributed by atoms with Gasteiger partial charge in [0.2, 0.25) is 11.9 Å². The molecule has 5 rings (SSSR count). The summed E-state index contributed by atoms with van der Waals surface area (Å²) in [6.45, 7) is 7.18. The highest BCUT2D eigenvalue weighted by Gasteiger charge is 2.32. The molecule has 0 spiro atoms. The monoisotopic (exact) mass is 519 g/mol. The molecule has 1 aromatic carbocycles. The zero-order valence-electron chi connectivity index (χ0n) is 21.8. The number of aromatic nitrogens is 4. The Labute approximate surface area is 221 Å². The van der Waals surface area contributed by atoms with Crippen LogP contribution in [0.5, 0.6) is 0 Å². The summed E-state index contributed by atoms with van der Waals surface area (Å²) < 4.78 is 10.9. The number of urea groups is 1. The van der Waals surface area contributed by atoms with Crippen LogP contribution in [0.2, 0.25) is 0 Å². The quantitative estimate of drug-likeness (QED) is 0.427. The van der Waals surface area contributed by atoms with E-state index in [4.69, 9.17) is 25.2 Å². The molecule has 12 nitrogen and oxygen atoms in total. The number of nitrogens with one attached hydrogen (secondary N) is 1. The molecule has 1 saturated heterocycles. The van der Waals surface area contributed by atoms with Gasteiger partial charge < -0.3 is 30.3 Å². The second-order valence-electron chi connectivity index (χ2n) is 9.10. The molecule has 0 radical (unpaired) electrons. The summed E-state index contributed by atoms with van der Waals surface area (Å²) in [7, 11) is 2.02. The van der Waals surface area contributed by atoms with Crippen LogP contribution in [0.3, 0.4) is 0 Å². The smallest absolute Gasteiger partial charge is 0.327 e. The molecule has 38 heavy (non-hydrogen) atoms. The third-order valence-corrected chi connectivity index (χ3v) is 6.63. The van der Waals surface area contributed by atoms with E-state index in [1.54, 1.807) is 17.3 Å². The van der Waals surface area contributed by atoms with Gasteiger partial charge in [-0.15, -0.1) is 0 Å². The molecule has 3 aromatic rings. The highest BCUT2D eigenvalue weighted by Crippen LogP contribution is 2.35. The molecule has 0 atom stereocenters. The zero-order chi connectivity index (χ0) is 26.5. The van der Waals surface area contributed by atoms with Gasteiger partial charge in [-0.3, -0.25) is 4.90 Å². The normalized spacial score (nSPS) is 14.9. The summed E-state index contributed by atoms with van der Waals surface area (Å²) >= 11 is 0. The number of nitrogen functional groups attached to an aromatic ring is 1. The molecule has 4 heterocycles. The number of carbonyl (C=O) groups is 1. The van der Waals surface area contributed by atoms with E-state index in [1.807, 2.05) is 38.2 Å². The summed E-state index contributed by atoms with van der Waals surface area (Å²) in [4.78, 5) is 37.2. The van der Waals surface area contributed by atoms with Gasteiger partial charge in [-0.05, 0) is 37.6 Å². The summed E-state index contributed by atoms with van der Waals surface area (Å²) in [6.07, 6.45) is 3.93. The first-order valence-electron chi connectivity index (χ1n) is 12.8. The van der Waals surface area contributed by atoms with Crippen molar-refractivity contribution in [3.8, 4) is 11.3 Å². The summed E-state index contributed by atoms with van der Waals surface area (Å²) in [6, 6.07) is 7.52. The molecule has 2 aromatic heterocycles. The SMILES string of the molecule is CCOCCN(C)c1ccc(NC(=O)N2CCc3c(-c4cnc(N)nc4)nc(N4CCOCC4)nc32)cc1. The number of likely N-dealkylation sites (N-methyl/N-ethyl adjacent to an activating group) is 1. The number of carbonyl (C=O) groups excluding carboxylic acids is 1. The Hall–Kier alpha value is -4.03. The summed E-state index contributed by atoms with van der Waals surface area (Å²) in [5.41, 5.74) is 9.80. The fourth-order valence-electron chi connectivity index (χ4n) is 4.51. The molecule has 0 unspecified atom stereocenters. The average molecular weight is 520 g/mol. The van der Waals surface area contributed by atoms with Crippen LogP contribution in [0, 0.1) is 0 Å². The number of fused-ring (bicyclic) bond motifs is 1. The standard InChI is InChI=1S/C26H33N9O3/c1-3-37-13-10-33(2)20-6-4-19(5-7-20)30-26(36)35-9-8-21-22(18-16-28-24(27)29-17-18)31-25(32-23(21)35)34-11-14-38-15-12-34/h4-7,16-17H,3,8-15H2,1-2H3,(H,30,36)(H2,27,28,29). The largest absolute Gasteiger partial charge is 0.380 e. The van der Waals surface area contributed by atoms with E-state index in [0.717, 1.165) is 23.4 Å². The first-order valence-corrected chi connectivity index (χ1v) is 12.8. The van der Waals surface area contributed by atoms with Crippen LogP contribution >= 0.6 is 0 Å². The van der Waals surface area contributed by atoms with Crippen molar-refractivity contribution in [3.63, 3.8) is 0 Å². The van der Waals surface area contributed by atoms with Gasteiger partial charge in [-0.25, -0.2) is 19.7 Å². The van der Waals surface area contributed by atoms with Gasteiger partial charge in [-0.2, -0.15) is 4.98 Å². The maximum Gasteiger partial charge on any atom is 0.327 e.